The first-order valence-corrected chi connectivity index (χ1v) is 10.9. The summed E-state index contributed by atoms with van der Waals surface area (Å²) in [6.45, 7) is 5.33. The minimum atomic E-state index is -1.32. The standard InChI is InChI=1S/C24H24F2N2O3S/c1-4-5-16-6-11-21(20(26)14-16)31-24(2,3)22(29)28-23-27-18(15-32-23)12-13-30-19-9-7-17(25)8-10-19/h4-11,14-15H,12-13H2,1-3H3,(H,27,28,29)/b5-4+. The van der Waals surface area contributed by atoms with Crippen molar-refractivity contribution in [2.75, 3.05) is 11.9 Å². The van der Waals surface area contributed by atoms with Crippen molar-refractivity contribution in [3.63, 3.8) is 0 Å². The van der Waals surface area contributed by atoms with Gasteiger partial charge in [-0.2, -0.15) is 0 Å². The summed E-state index contributed by atoms with van der Waals surface area (Å²) in [6, 6.07) is 10.3. The summed E-state index contributed by atoms with van der Waals surface area (Å²) in [5, 5.41) is 4.94. The molecular weight excluding hydrogens is 434 g/mol. The molecule has 1 heterocycles. The Morgan fingerprint density at radius 3 is 2.62 bits per heavy atom. The molecule has 1 N–H and O–H groups in total. The fourth-order valence-corrected chi connectivity index (χ4v) is 3.49. The van der Waals surface area contributed by atoms with E-state index in [1.54, 1.807) is 38.1 Å². The van der Waals surface area contributed by atoms with Crippen molar-refractivity contribution >= 4 is 28.5 Å². The fraction of sp³-hybridized carbons (Fsp3) is 0.250. The third-order valence-corrected chi connectivity index (χ3v) is 5.25. The number of thiazole rings is 1. The molecule has 2 aromatic carbocycles. The first-order valence-electron chi connectivity index (χ1n) is 10.0. The van der Waals surface area contributed by atoms with Crippen molar-refractivity contribution < 1.29 is 23.0 Å². The number of aromatic nitrogens is 1. The van der Waals surface area contributed by atoms with Gasteiger partial charge in [-0.15, -0.1) is 11.3 Å². The van der Waals surface area contributed by atoms with E-state index in [-0.39, 0.29) is 11.6 Å². The molecule has 168 valence electrons. The van der Waals surface area contributed by atoms with Crippen molar-refractivity contribution in [3.05, 3.63) is 76.8 Å². The second-order valence-corrected chi connectivity index (χ2v) is 8.31. The molecule has 8 heteroatoms. The maximum atomic E-state index is 14.3. The van der Waals surface area contributed by atoms with E-state index in [1.807, 2.05) is 18.4 Å². The van der Waals surface area contributed by atoms with E-state index in [4.69, 9.17) is 9.47 Å². The molecule has 1 aromatic heterocycles. The smallest absolute Gasteiger partial charge is 0.269 e. The second kappa shape index (κ2) is 10.4. The Morgan fingerprint density at radius 2 is 1.94 bits per heavy atom. The summed E-state index contributed by atoms with van der Waals surface area (Å²) in [6.07, 6.45) is 4.10. The number of carbonyl (C=O) groups is 1. The lowest BCUT2D eigenvalue weighted by Crippen LogP contribution is -2.42. The molecule has 0 saturated heterocycles. The minimum Gasteiger partial charge on any atom is -0.493 e. The lowest BCUT2D eigenvalue weighted by molar-refractivity contribution is -0.128. The highest BCUT2D eigenvalue weighted by atomic mass is 32.1. The lowest BCUT2D eigenvalue weighted by atomic mass is 10.1. The molecule has 0 aliphatic rings. The van der Waals surface area contributed by atoms with E-state index in [2.05, 4.69) is 10.3 Å². The molecular formula is C24H24F2N2O3S. The zero-order valence-electron chi connectivity index (χ0n) is 18.0. The Kier molecular flexibility index (Phi) is 7.58. The van der Waals surface area contributed by atoms with Gasteiger partial charge in [-0.25, -0.2) is 13.8 Å². The Morgan fingerprint density at radius 1 is 1.19 bits per heavy atom. The van der Waals surface area contributed by atoms with E-state index in [0.717, 1.165) is 5.69 Å². The van der Waals surface area contributed by atoms with Crippen LogP contribution in [0.3, 0.4) is 0 Å². The molecule has 0 unspecified atom stereocenters. The van der Waals surface area contributed by atoms with Crippen LogP contribution in [0, 0.1) is 11.6 Å². The number of nitrogens with one attached hydrogen (secondary N) is 1. The van der Waals surface area contributed by atoms with Crippen LogP contribution < -0.4 is 14.8 Å². The SMILES string of the molecule is C/C=C/c1ccc(OC(C)(C)C(=O)Nc2nc(CCOc3ccc(F)cc3)cs2)c(F)c1. The molecule has 0 saturated carbocycles. The summed E-state index contributed by atoms with van der Waals surface area (Å²) in [5.41, 5.74) is 0.135. The van der Waals surface area contributed by atoms with Gasteiger partial charge in [0.15, 0.2) is 22.3 Å². The number of ether oxygens (including phenoxy) is 2. The van der Waals surface area contributed by atoms with Crippen molar-refractivity contribution in [2.24, 2.45) is 0 Å². The average Bonchev–Trinajstić information content (AvgIpc) is 3.19. The Balaban J connectivity index is 1.54. The van der Waals surface area contributed by atoms with Gasteiger partial charge in [0.25, 0.3) is 5.91 Å². The van der Waals surface area contributed by atoms with Gasteiger partial charge in [-0.05, 0) is 62.7 Å². The number of carbonyl (C=O) groups excluding carboxylic acids is 1. The van der Waals surface area contributed by atoms with Gasteiger partial charge in [0, 0.05) is 11.8 Å². The lowest BCUT2D eigenvalue weighted by Gasteiger charge is -2.25. The molecule has 32 heavy (non-hydrogen) atoms. The highest BCUT2D eigenvalue weighted by Crippen LogP contribution is 2.25. The second-order valence-electron chi connectivity index (χ2n) is 7.45. The summed E-state index contributed by atoms with van der Waals surface area (Å²) in [7, 11) is 0. The van der Waals surface area contributed by atoms with Gasteiger partial charge in [0.05, 0.1) is 12.3 Å². The van der Waals surface area contributed by atoms with Crippen LogP contribution in [0.2, 0.25) is 0 Å². The maximum absolute atomic E-state index is 14.3. The number of hydrogen-bond donors (Lipinski definition) is 1. The monoisotopic (exact) mass is 458 g/mol. The van der Waals surface area contributed by atoms with Crippen LogP contribution in [0.1, 0.15) is 32.0 Å². The maximum Gasteiger partial charge on any atom is 0.269 e. The normalized spacial score (nSPS) is 11.5. The third kappa shape index (κ3) is 6.37. The topological polar surface area (TPSA) is 60.5 Å². The van der Waals surface area contributed by atoms with E-state index in [1.165, 1.54) is 35.6 Å². The highest BCUT2D eigenvalue weighted by Gasteiger charge is 2.31. The van der Waals surface area contributed by atoms with Gasteiger partial charge in [0.1, 0.15) is 11.6 Å². The number of nitrogens with zero attached hydrogens (tertiary/aromatic N) is 1. The molecule has 3 rings (SSSR count). The number of amides is 1. The zero-order valence-corrected chi connectivity index (χ0v) is 18.8. The van der Waals surface area contributed by atoms with Crippen molar-refractivity contribution in [2.45, 2.75) is 32.8 Å². The minimum absolute atomic E-state index is 0.00354. The van der Waals surface area contributed by atoms with Gasteiger partial charge in [-0.1, -0.05) is 18.2 Å². The van der Waals surface area contributed by atoms with Crippen molar-refractivity contribution in [3.8, 4) is 11.5 Å². The molecule has 3 aromatic rings. The van der Waals surface area contributed by atoms with Crippen LogP contribution in [-0.2, 0) is 11.2 Å². The number of allylic oxidation sites excluding steroid dienone is 1. The Bertz CT molecular complexity index is 1090. The van der Waals surface area contributed by atoms with Crippen LogP contribution in [0.15, 0.2) is 53.9 Å². The third-order valence-electron chi connectivity index (χ3n) is 4.44. The van der Waals surface area contributed by atoms with E-state index in [9.17, 15) is 13.6 Å². The number of anilines is 1. The number of halogens is 2. The van der Waals surface area contributed by atoms with Crippen LogP contribution in [-0.4, -0.2) is 23.1 Å². The van der Waals surface area contributed by atoms with Crippen LogP contribution >= 0.6 is 11.3 Å². The number of benzene rings is 2. The van der Waals surface area contributed by atoms with Gasteiger partial charge in [-0.3, -0.25) is 10.1 Å². The number of rotatable bonds is 9. The van der Waals surface area contributed by atoms with Crippen LogP contribution in [0.4, 0.5) is 13.9 Å². The van der Waals surface area contributed by atoms with Gasteiger partial charge >= 0.3 is 0 Å². The quantitative estimate of drug-likeness (QED) is 0.436. The first kappa shape index (κ1) is 23.4. The Hall–Kier alpha value is -3.26. The molecule has 1 amide bonds. The van der Waals surface area contributed by atoms with Crippen LogP contribution in [0.5, 0.6) is 11.5 Å². The molecule has 0 spiro atoms. The van der Waals surface area contributed by atoms with E-state index >= 15 is 0 Å². The molecule has 0 bridgehead atoms. The van der Waals surface area contributed by atoms with Crippen molar-refractivity contribution in [1.82, 2.24) is 4.98 Å². The van der Waals surface area contributed by atoms with Gasteiger partial charge < -0.3 is 9.47 Å². The number of hydrogen-bond acceptors (Lipinski definition) is 5. The predicted molar refractivity (Wildman–Crippen MR) is 122 cm³/mol. The first-order chi connectivity index (χ1) is 15.3. The Labute approximate surface area is 189 Å². The molecule has 5 nitrogen and oxygen atoms in total. The molecule has 0 atom stereocenters. The van der Waals surface area contributed by atoms with Gasteiger partial charge in [0.2, 0.25) is 0 Å². The van der Waals surface area contributed by atoms with Crippen molar-refractivity contribution in [1.29, 1.82) is 0 Å². The molecule has 0 aliphatic carbocycles. The fourth-order valence-electron chi connectivity index (χ4n) is 2.75. The predicted octanol–water partition coefficient (Wildman–Crippen LogP) is 5.87. The van der Waals surface area contributed by atoms with E-state index < -0.39 is 17.3 Å². The zero-order chi connectivity index (χ0) is 23.1. The molecule has 0 fully saturated rings. The molecule has 0 radical (unpaired) electrons. The highest BCUT2D eigenvalue weighted by molar-refractivity contribution is 7.13. The summed E-state index contributed by atoms with van der Waals surface area (Å²) < 4.78 is 38.5. The summed E-state index contributed by atoms with van der Waals surface area (Å²) in [4.78, 5) is 17.1. The molecule has 0 aliphatic heterocycles. The summed E-state index contributed by atoms with van der Waals surface area (Å²) in [5.74, 6) is -0.745. The largest absolute Gasteiger partial charge is 0.493 e. The van der Waals surface area contributed by atoms with E-state index in [0.29, 0.717) is 29.5 Å². The summed E-state index contributed by atoms with van der Waals surface area (Å²) >= 11 is 1.27. The average molecular weight is 459 g/mol. The van der Waals surface area contributed by atoms with Crippen LogP contribution in [0.25, 0.3) is 6.08 Å².